The normalized spacial score (nSPS) is 13.8. The smallest absolute Gasteiger partial charge is 0.255 e. The van der Waals surface area contributed by atoms with E-state index in [1.165, 1.54) is 6.42 Å². The molecule has 138 valence electrons. The van der Waals surface area contributed by atoms with E-state index in [1.807, 2.05) is 24.8 Å². The molecule has 0 aromatic heterocycles. The standard InChI is InChI=1S/C18H24N2O2.C3H8/c1-4-5-15(21)7-9-17(12(2)3)20-11-13-10-14(19)6-8-16(13)18(20)22;1-3-2/h6,8,10,17H,2,4-5,7,9,11,19H2,1,3H3;3H2,1-2H3. The van der Waals surface area contributed by atoms with Gasteiger partial charge in [0.2, 0.25) is 0 Å². The third-order valence-corrected chi connectivity index (χ3v) is 4.13. The SMILES string of the molecule is C=C(C)C(CCC(=O)CCC)N1Cc2cc(N)ccc2C1=O.CCC. The minimum Gasteiger partial charge on any atom is -0.399 e. The number of hydrogen-bond donors (Lipinski definition) is 1. The molecule has 1 aliphatic heterocycles. The van der Waals surface area contributed by atoms with Crippen molar-refractivity contribution in [1.29, 1.82) is 0 Å². The maximum Gasteiger partial charge on any atom is 0.255 e. The van der Waals surface area contributed by atoms with Crippen molar-refractivity contribution in [1.82, 2.24) is 4.90 Å². The van der Waals surface area contributed by atoms with Crippen molar-refractivity contribution in [2.24, 2.45) is 0 Å². The van der Waals surface area contributed by atoms with Gasteiger partial charge in [-0.1, -0.05) is 39.3 Å². The summed E-state index contributed by atoms with van der Waals surface area (Å²) in [6, 6.07) is 5.29. The lowest BCUT2D eigenvalue weighted by atomic mass is 10.00. The van der Waals surface area contributed by atoms with E-state index in [9.17, 15) is 9.59 Å². The van der Waals surface area contributed by atoms with E-state index in [0.717, 1.165) is 17.6 Å². The molecule has 1 atom stereocenters. The molecule has 1 unspecified atom stereocenters. The molecule has 1 amide bonds. The van der Waals surface area contributed by atoms with Crippen molar-refractivity contribution in [2.75, 3.05) is 5.73 Å². The fourth-order valence-corrected chi connectivity index (χ4v) is 2.98. The third kappa shape index (κ3) is 5.73. The largest absolute Gasteiger partial charge is 0.399 e. The highest BCUT2D eigenvalue weighted by Gasteiger charge is 2.33. The summed E-state index contributed by atoms with van der Waals surface area (Å²) >= 11 is 0. The van der Waals surface area contributed by atoms with Crippen molar-refractivity contribution in [3.63, 3.8) is 0 Å². The molecule has 1 aromatic carbocycles. The first-order chi connectivity index (χ1) is 11.8. The number of nitrogen functional groups attached to an aromatic ring is 1. The third-order valence-electron chi connectivity index (χ3n) is 4.13. The van der Waals surface area contributed by atoms with Gasteiger partial charge in [-0.15, -0.1) is 0 Å². The quantitative estimate of drug-likeness (QED) is 0.574. The fourth-order valence-electron chi connectivity index (χ4n) is 2.98. The van der Waals surface area contributed by atoms with E-state index in [2.05, 4.69) is 20.4 Å². The molecule has 0 spiro atoms. The van der Waals surface area contributed by atoms with Gasteiger partial charge in [0.15, 0.2) is 0 Å². The van der Waals surface area contributed by atoms with Crippen LogP contribution in [0.2, 0.25) is 0 Å². The Morgan fingerprint density at radius 3 is 2.48 bits per heavy atom. The number of carbonyl (C=O) groups excluding carboxylic acids is 2. The molecule has 25 heavy (non-hydrogen) atoms. The molecule has 1 heterocycles. The summed E-state index contributed by atoms with van der Waals surface area (Å²) in [5.74, 6) is 0.257. The number of amides is 1. The number of fused-ring (bicyclic) bond motifs is 1. The lowest BCUT2D eigenvalue weighted by Gasteiger charge is -2.28. The number of Topliss-reactive ketones (excluding diaryl/α,β-unsaturated/α-hetero) is 1. The van der Waals surface area contributed by atoms with Crippen LogP contribution in [0.1, 0.15) is 75.7 Å². The van der Waals surface area contributed by atoms with Crippen LogP contribution in [-0.2, 0) is 11.3 Å². The number of nitrogens with zero attached hydrogens (tertiary/aromatic N) is 1. The van der Waals surface area contributed by atoms with Crippen LogP contribution in [0.3, 0.4) is 0 Å². The maximum absolute atomic E-state index is 12.6. The summed E-state index contributed by atoms with van der Waals surface area (Å²) < 4.78 is 0. The minimum absolute atomic E-state index is 0.00550. The zero-order valence-corrected chi connectivity index (χ0v) is 16.1. The summed E-state index contributed by atoms with van der Waals surface area (Å²) in [6.45, 7) is 12.7. The zero-order chi connectivity index (χ0) is 19.0. The highest BCUT2D eigenvalue weighted by Crippen LogP contribution is 2.29. The maximum atomic E-state index is 12.6. The molecule has 0 bridgehead atoms. The van der Waals surface area contributed by atoms with Gasteiger partial charge >= 0.3 is 0 Å². The van der Waals surface area contributed by atoms with E-state index in [0.29, 0.717) is 37.1 Å². The van der Waals surface area contributed by atoms with E-state index in [4.69, 9.17) is 5.73 Å². The molecule has 1 aliphatic rings. The Kier molecular flexibility index (Phi) is 8.39. The van der Waals surface area contributed by atoms with Crippen LogP contribution in [0.25, 0.3) is 0 Å². The minimum atomic E-state index is -0.0954. The summed E-state index contributed by atoms with van der Waals surface area (Å²) in [4.78, 5) is 26.2. The van der Waals surface area contributed by atoms with E-state index < -0.39 is 0 Å². The van der Waals surface area contributed by atoms with Gasteiger partial charge in [-0.25, -0.2) is 0 Å². The van der Waals surface area contributed by atoms with Gasteiger partial charge in [0.1, 0.15) is 5.78 Å². The summed E-state index contributed by atoms with van der Waals surface area (Å²) in [5.41, 5.74) is 9.04. The van der Waals surface area contributed by atoms with Crippen LogP contribution in [0.5, 0.6) is 0 Å². The van der Waals surface area contributed by atoms with Crippen molar-refractivity contribution >= 4 is 17.4 Å². The van der Waals surface area contributed by atoms with Crippen molar-refractivity contribution in [2.45, 2.75) is 72.4 Å². The van der Waals surface area contributed by atoms with Crippen LogP contribution in [0.15, 0.2) is 30.4 Å². The van der Waals surface area contributed by atoms with Gasteiger partial charge in [0, 0.05) is 30.6 Å². The topological polar surface area (TPSA) is 63.4 Å². The van der Waals surface area contributed by atoms with Gasteiger partial charge in [0.05, 0.1) is 6.04 Å². The number of ketones is 1. The summed E-state index contributed by atoms with van der Waals surface area (Å²) in [5, 5.41) is 0. The number of nitrogens with two attached hydrogens (primary N) is 1. The van der Waals surface area contributed by atoms with Crippen LogP contribution < -0.4 is 5.73 Å². The molecule has 0 radical (unpaired) electrons. The number of rotatable bonds is 7. The second kappa shape index (κ2) is 10.0. The predicted molar refractivity (Wildman–Crippen MR) is 104 cm³/mol. The van der Waals surface area contributed by atoms with Gasteiger partial charge < -0.3 is 10.6 Å². The lowest BCUT2D eigenvalue weighted by Crippen LogP contribution is -2.36. The van der Waals surface area contributed by atoms with Crippen molar-refractivity contribution < 1.29 is 9.59 Å². The van der Waals surface area contributed by atoms with Crippen molar-refractivity contribution in [3.8, 4) is 0 Å². The fraction of sp³-hybridized carbons (Fsp3) is 0.524. The Bertz CT molecular complexity index is 622. The first-order valence-electron chi connectivity index (χ1n) is 9.22. The molecule has 4 nitrogen and oxygen atoms in total. The number of anilines is 1. The summed E-state index contributed by atoms with van der Waals surface area (Å²) in [7, 11) is 0. The van der Waals surface area contributed by atoms with E-state index in [-0.39, 0.29) is 17.7 Å². The zero-order valence-electron chi connectivity index (χ0n) is 16.1. The first-order valence-corrected chi connectivity index (χ1v) is 9.22. The molecular formula is C21H32N2O2. The van der Waals surface area contributed by atoms with E-state index in [1.54, 1.807) is 12.1 Å². The highest BCUT2D eigenvalue weighted by atomic mass is 16.2. The highest BCUT2D eigenvalue weighted by molar-refractivity contribution is 5.99. The Morgan fingerprint density at radius 2 is 1.92 bits per heavy atom. The molecule has 2 N–H and O–H groups in total. The molecule has 4 heteroatoms. The second-order valence-corrected chi connectivity index (χ2v) is 6.75. The number of hydrogen-bond acceptors (Lipinski definition) is 3. The average Bonchev–Trinajstić information content (AvgIpc) is 2.84. The van der Waals surface area contributed by atoms with Crippen LogP contribution in [0.4, 0.5) is 5.69 Å². The first kappa shape index (κ1) is 20.9. The molecule has 0 saturated heterocycles. The molecule has 0 aliphatic carbocycles. The predicted octanol–water partition coefficient (Wildman–Crippen LogP) is 4.74. The average molecular weight is 344 g/mol. The molecule has 2 rings (SSSR count). The molecule has 1 aromatic rings. The Balaban J connectivity index is 0.000000970. The summed E-state index contributed by atoms with van der Waals surface area (Å²) in [6.07, 6.45) is 3.86. The van der Waals surface area contributed by atoms with Crippen LogP contribution >= 0.6 is 0 Å². The van der Waals surface area contributed by atoms with Gasteiger partial charge in [0.25, 0.3) is 5.91 Å². The lowest BCUT2D eigenvalue weighted by molar-refractivity contribution is -0.119. The van der Waals surface area contributed by atoms with E-state index >= 15 is 0 Å². The number of benzene rings is 1. The van der Waals surface area contributed by atoms with Gasteiger partial charge in [-0.3, -0.25) is 9.59 Å². The van der Waals surface area contributed by atoms with Gasteiger partial charge in [-0.05, 0) is 43.5 Å². The Hall–Kier alpha value is -2.10. The Labute approximate surface area is 152 Å². The molecule has 0 saturated carbocycles. The molecule has 0 fully saturated rings. The monoisotopic (exact) mass is 344 g/mol. The van der Waals surface area contributed by atoms with Crippen LogP contribution in [-0.4, -0.2) is 22.6 Å². The van der Waals surface area contributed by atoms with Crippen LogP contribution in [0, 0.1) is 0 Å². The second-order valence-electron chi connectivity index (χ2n) is 6.75. The van der Waals surface area contributed by atoms with Gasteiger partial charge in [-0.2, -0.15) is 0 Å². The number of carbonyl (C=O) groups is 2. The van der Waals surface area contributed by atoms with Crippen molar-refractivity contribution in [3.05, 3.63) is 41.5 Å². The molecular weight excluding hydrogens is 312 g/mol. The Morgan fingerprint density at radius 1 is 1.28 bits per heavy atom.